The van der Waals surface area contributed by atoms with E-state index in [9.17, 15) is 19.3 Å². The highest BCUT2D eigenvalue weighted by atomic mass is 19.1. The van der Waals surface area contributed by atoms with Gasteiger partial charge in [0.05, 0.1) is 21.9 Å². The molecule has 0 saturated carbocycles. The van der Waals surface area contributed by atoms with E-state index in [1.807, 2.05) is 4.90 Å². The van der Waals surface area contributed by atoms with Crippen molar-refractivity contribution in [2.24, 2.45) is 0 Å². The van der Waals surface area contributed by atoms with Crippen LogP contribution in [0.25, 0.3) is 0 Å². The number of rotatable bonds is 4. The van der Waals surface area contributed by atoms with Crippen LogP contribution in [0.2, 0.25) is 0 Å². The summed E-state index contributed by atoms with van der Waals surface area (Å²) in [4.78, 5) is 25.2. The lowest BCUT2D eigenvalue weighted by Gasteiger charge is -2.21. The number of aryl methyl sites for hydroxylation is 1. The Morgan fingerprint density at radius 1 is 1.20 bits per heavy atom. The predicted octanol–water partition coefficient (Wildman–Crippen LogP) is 3.89. The Balaban J connectivity index is 1.96. The zero-order valence-electron chi connectivity index (χ0n) is 13.8. The number of hydrogen-bond acceptors (Lipinski definition) is 4. The number of carbonyl (C=O) groups excluding carboxylic acids is 1. The first-order valence-electron chi connectivity index (χ1n) is 8.06. The molecule has 0 bridgehead atoms. The minimum Gasteiger partial charge on any atom is -0.371 e. The Morgan fingerprint density at radius 2 is 1.92 bits per heavy atom. The zero-order valence-corrected chi connectivity index (χ0v) is 13.8. The SMILES string of the molecule is Cc1ccc(NC(=O)c2cc([N+](=O)[O-])ccc2N2CCCC2)c(F)c1. The molecule has 1 aliphatic heterocycles. The van der Waals surface area contributed by atoms with Gasteiger partial charge in [0.15, 0.2) is 0 Å². The van der Waals surface area contributed by atoms with Crippen LogP contribution in [-0.2, 0) is 0 Å². The number of nitrogens with zero attached hydrogens (tertiary/aromatic N) is 2. The summed E-state index contributed by atoms with van der Waals surface area (Å²) in [6.45, 7) is 3.33. The van der Waals surface area contributed by atoms with E-state index in [2.05, 4.69) is 5.32 Å². The van der Waals surface area contributed by atoms with Crippen LogP contribution in [0.3, 0.4) is 0 Å². The molecular weight excluding hydrogens is 325 g/mol. The number of benzene rings is 2. The minimum atomic E-state index is -0.562. The molecule has 2 aromatic rings. The first-order valence-corrected chi connectivity index (χ1v) is 8.06. The summed E-state index contributed by atoms with van der Waals surface area (Å²) in [6.07, 6.45) is 2.01. The molecule has 3 rings (SSSR count). The van der Waals surface area contributed by atoms with Crippen LogP contribution in [0.5, 0.6) is 0 Å². The second-order valence-corrected chi connectivity index (χ2v) is 6.09. The second kappa shape index (κ2) is 6.88. The van der Waals surface area contributed by atoms with E-state index in [4.69, 9.17) is 0 Å². The number of halogens is 1. The van der Waals surface area contributed by atoms with Crippen LogP contribution in [0.15, 0.2) is 36.4 Å². The molecule has 0 radical (unpaired) electrons. The molecule has 25 heavy (non-hydrogen) atoms. The molecule has 1 amide bonds. The smallest absolute Gasteiger partial charge is 0.270 e. The van der Waals surface area contributed by atoms with E-state index in [-0.39, 0.29) is 16.9 Å². The highest BCUT2D eigenvalue weighted by Gasteiger charge is 2.23. The monoisotopic (exact) mass is 343 g/mol. The maximum absolute atomic E-state index is 14.0. The van der Waals surface area contributed by atoms with Gasteiger partial charge >= 0.3 is 0 Å². The van der Waals surface area contributed by atoms with Gasteiger partial charge in [-0.15, -0.1) is 0 Å². The van der Waals surface area contributed by atoms with Gasteiger partial charge in [-0.25, -0.2) is 4.39 Å². The van der Waals surface area contributed by atoms with Crippen LogP contribution >= 0.6 is 0 Å². The minimum absolute atomic E-state index is 0.0504. The maximum Gasteiger partial charge on any atom is 0.270 e. The number of hydrogen-bond donors (Lipinski definition) is 1. The van der Waals surface area contributed by atoms with Gasteiger partial charge in [-0.05, 0) is 43.5 Å². The molecule has 2 aromatic carbocycles. The first kappa shape index (κ1) is 16.9. The van der Waals surface area contributed by atoms with Gasteiger partial charge in [0.2, 0.25) is 0 Å². The third-order valence-electron chi connectivity index (χ3n) is 4.26. The average Bonchev–Trinajstić information content (AvgIpc) is 3.11. The van der Waals surface area contributed by atoms with E-state index in [0.717, 1.165) is 31.5 Å². The van der Waals surface area contributed by atoms with Crippen molar-refractivity contribution in [2.75, 3.05) is 23.3 Å². The molecule has 130 valence electrons. The third-order valence-corrected chi connectivity index (χ3v) is 4.26. The topological polar surface area (TPSA) is 75.5 Å². The summed E-state index contributed by atoms with van der Waals surface area (Å²) < 4.78 is 14.0. The lowest BCUT2D eigenvalue weighted by molar-refractivity contribution is -0.384. The third kappa shape index (κ3) is 3.60. The molecule has 0 aliphatic carbocycles. The van der Waals surface area contributed by atoms with Crippen molar-refractivity contribution in [2.45, 2.75) is 19.8 Å². The molecule has 0 atom stereocenters. The summed E-state index contributed by atoms with van der Waals surface area (Å²) in [5.41, 5.74) is 1.43. The van der Waals surface area contributed by atoms with E-state index in [0.29, 0.717) is 5.69 Å². The number of carbonyl (C=O) groups is 1. The van der Waals surface area contributed by atoms with Crippen molar-refractivity contribution >= 4 is 23.0 Å². The number of nitro groups is 1. The molecule has 7 heteroatoms. The quantitative estimate of drug-likeness (QED) is 0.675. The van der Waals surface area contributed by atoms with Gasteiger partial charge in [0.1, 0.15) is 5.82 Å². The molecule has 0 spiro atoms. The first-order chi connectivity index (χ1) is 12.0. The number of nitrogens with one attached hydrogen (secondary N) is 1. The number of nitro benzene ring substituents is 1. The van der Waals surface area contributed by atoms with E-state index < -0.39 is 16.6 Å². The van der Waals surface area contributed by atoms with Gasteiger partial charge in [-0.1, -0.05) is 6.07 Å². The van der Waals surface area contributed by atoms with Gasteiger partial charge < -0.3 is 10.2 Å². The lowest BCUT2D eigenvalue weighted by Crippen LogP contribution is -2.23. The van der Waals surface area contributed by atoms with Crippen LogP contribution in [0, 0.1) is 22.9 Å². The molecule has 6 nitrogen and oxygen atoms in total. The van der Waals surface area contributed by atoms with Gasteiger partial charge in [0.25, 0.3) is 11.6 Å². The van der Waals surface area contributed by atoms with Crippen LogP contribution < -0.4 is 10.2 Å². The van der Waals surface area contributed by atoms with Gasteiger partial charge in [0, 0.05) is 25.2 Å². The average molecular weight is 343 g/mol. The largest absolute Gasteiger partial charge is 0.371 e. The fourth-order valence-electron chi connectivity index (χ4n) is 2.96. The maximum atomic E-state index is 14.0. The van der Waals surface area contributed by atoms with Crippen molar-refractivity contribution < 1.29 is 14.1 Å². The summed E-state index contributed by atoms with van der Waals surface area (Å²) in [6, 6.07) is 8.71. The molecule has 1 heterocycles. The molecule has 1 saturated heterocycles. The van der Waals surface area contributed by atoms with E-state index in [1.54, 1.807) is 19.1 Å². The summed E-state index contributed by atoms with van der Waals surface area (Å²) in [5, 5.41) is 13.6. The lowest BCUT2D eigenvalue weighted by atomic mass is 10.1. The van der Waals surface area contributed by atoms with Crippen LogP contribution in [-0.4, -0.2) is 23.9 Å². The van der Waals surface area contributed by atoms with E-state index in [1.165, 1.54) is 24.3 Å². The highest BCUT2D eigenvalue weighted by molar-refractivity contribution is 6.08. The molecule has 1 fully saturated rings. The van der Waals surface area contributed by atoms with Gasteiger partial charge in [-0.2, -0.15) is 0 Å². The van der Waals surface area contributed by atoms with Gasteiger partial charge in [-0.3, -0.25) is 14.9 Å². The van der Waals surface area contributed by atoms with Crippen molar-refractivity contribution in [3.63, 3.8) is 0 Å². The highest BCUT2D eigenvalue weighted by Crippen LogP contribution is 2.29. The number of anilines is 2. The summed E-state index contributed by atoms with van der Waals surface area (Å²) >= 11 is 0. The van der Waals surface area contributed by atoms with Crippen molar-refractivity contribution in [1.29, 1.82) is 0 Å². The number of non-ortho nitro benzene ring substituents is 1. The number of amides is 1. The Hall–Kier alpha value is -2.96. The summed E-state index contributed by atoms with van der Waals surface area (Å²) in [7, 11) is 0. The molecule has 0 unspecified atom stereocenters. The predicted molar refractivity (Wildman–Crippen MR) is 93.6 cm³/mol. The van der Waals surface area contributed by atoms with Crippen molar-refractivity contribution in [3.05, 3.63) is 63.5 Å². The second-order valence-electron chi connectivity index (χ2n) is 6.09. The fourth-order valence-corrected chi connectivity index (χ4v) is 2.96. The van der Waals surface area contributed by atoms with Crippen molar-refractivity contribution in [3.8, 4) is 0 Å². The Kier molecular flexibility index (Phi) is 4.65. The standard InChI is InChI=1S/C18H18FN3O3/c1-12-4-6-16(15(19)10-12)20-18(23)14-11-13(22(24)25)5-7-17(14)21-8-2-3-9-21/h4-7,10-11H,2-3,8-9H2,1H3,(H,20,23). The normalized spacial score (nSPS) is 13.8. The van der Waals surface area contributed by atoms with Crippen LogP contribution in [0.4, 0.5) is 21.5 Å². The Labute approximate surface area is 144 Å². The molecular formula is C18H18FN3O3. The molecule has 1 aliphatic rings. The molecule has 1 N–H and O–H groups in total. The Bertz CT molecular complexity index is 832. The Morgan fingerprint density at radius 3 is 2.56 bits per heavy atom. The van der Waals surface area contributed by atoms with E-state index >= 15 is 0 Å². The van der Waals surface area contributed by atoms with Crippen LogP contribution in [0.1, 0.15) is 28.8 Å². The van der Waals surface area contributed by atoms with Crippen molar-refractivity contribution in [1.82, 2.24) is 0 Å². The zero-order chi connectivity index (χ0) is 18.0. The summed E-state index contributed by atoms with van der Waals surface area (Å²) in [5.74, 6) is -1.10. The fraction of sp³-hybridized carbons (Fsp3) is 0.278. The molecule has 0 aromatic heterocycles.